The fraction of sp³-hybridized carbons (Fsp3) is 0.900. The number of hydrogen-bond donors (Lipinski definition) is 1. The summed E-state index contributed by atoms with van der Waals surface area (Å²) in [6, 6.07) is 0. The Kier molecular flexibility index (Phi) is 6.49. The topological polar surface area (TPSA) is 55.8 Å². The van der Waals surface area contributed by atoms with Gasteiger partial charge in [0, 0.05) is 0 Å². The highest BCUT2D eigenvalue weighted by Crippen LogP contribution is 2.07. The molecule has 0 bridgehead atoms. The van der Waals surface area contributed by atoms with Gasteiger partial charge in [0.2, 0.25) is 0 Å². The van der Waals surface area contributed by atoms with Gasteiger partial charge < -0.3 is 5.11 Å². The van der Waals surface area contributed by atoms with Crippen LogP contribution < -0.4 is 0 Å². The molecule has 0 aliphatic carbocycles. The van der Waals surface area contributed by atoms with E-state index in [-0.39, 0.29) is 23.9 Å². The average Bonchev–Trinajstić information content (AvgIpc) is 2.02. The van der Waals surface area contributed by atoms with Crippen molar-refractivity contribution in [3.63, 3.8) is 0 Å². The van der Waals surface area contributed by atoms with Gasteiger partial charge in [-0.1, -0.05) is 20.8 Å². The van der Waals surface area contributed by atoms with Gasteiger partial charge in [0.15, 0.2) is 0 Å². The summed E-state index contributed by atoms with van der Waals surface area (Å²) in [4.78, 5) is 20.2. The van der Waals surface area contributed by atoms with Crippen molar-refractivity contribution in [1.29, 1.82) is 0 Å². The third-order valence-electron chi connectivity index (χ3n) is 1.71. The number of aliphatic hydroxyl groups is 1. The molecule has 0 heterocycles. The maximum atomic E-state index is 10.9. The summed E-state index contributed by atoms with van der Waals surface area (Å²) in [5.41, 5.74) is 0. The van der Waals surface area contributed by atoms with Crippen LogP contribution in [0.4, 0.5) is 0 Å². The van der Waals surface area contributed by atoms with Crippen LogP contribution in [-0.2, 0) is 14.6 Å². The minimum absolute atomic E-state index is 0.176. The van der Waals surface area contributed by atoms with Crippen molar-refractivity contribution in [1.82, 2.24) is 0 Å². The Hall–Kier alpha value is -0.610. The molecule has 0 aliphatic rings. The quantitative estimate of drug-likeness (QED) is 0.526. The van der Waals surface area contributed by atoms with Crippen molar-refractivity contribution < 1.29 is 19.7 Å². The molecule has 2 atom stereocenters. The molecule has 2 unspecified atom stereocenters. The van der Waals surface area contributed by atoms with Gasteiger partial charge in [-0.15, -0.1) is 0 Å². The Morgan fingerprint density at radius 2 is 1.86 bits per heavy atom. The summed E-state index contributed by atoms with van der Waals surface area (Å²) in [5, 5.41) is 9.06. The SMILES string of the molecule is CC(O)CC(C)COOC(=O)C(C)C. The molecule has 0 rings (SSSR count). The monoisotopic (exact) mass is 204 g/mol. The zero-order valence-electron chi connectivity index (χ0n) is 9.32. The molecule has 0 aliphatic heterocycles. The molecule has 4 heteroatoms. The third-order valence-corrected chi connectivity index (χ3v) is 1.71. The highest BCUT2D eigenvalue weighted by Gasteiger charge is 2.11. The van der Waals surface area contributed by atoms with E-state index >= 15 is 0 Å². The molecule has 0 saturated carbocycles. The lowest BCUT2D eigenvalue weighted by atomic mass is 10.1. The van der Waals surface area contributed by atoms with Gasteiger partial charge in [-0.2, -0.15) is 4.89 Å². The predicted molar refractivity (Wildman–Crippen MR) is 52.3 cm³/mol. The number of aliphatic hydroxyl groups excluding tert-OH is 1. The number of rotatable bonds is 6. The Labute approximate surface area is 85.1 Å². The Bertz CT molecular complexity index is 166. The van der Waals surface area contributed by atoms with Gasteiger partial charge in [0.05, 0.1) is 18.6 Å². The lowest BCUT2D eigenvalue weighted by Gasteiger charge is -2.12. The largest absolute Gasteiger partial charge is 0.393 e. The predicted octanol–water partition coefficient (Wildman–Crippen LogP) is 1.52. The number of carbonyl (C=O) groups excluding carboxylic acids is 1. The van der Waals surface area contributed by atoms with Crippen LogP contribution in [0, 0.1) is 11.8 Å². The van der Waals surface area contributed by atoms with Gasteiger partial charge in [-0.3, -0.25) is 4.89 Å². The van der Waals surface area contributed by atoms with Crippen molar-refractivity contribution in [3.05, 3.63) is 0 Å². The average molecular weight is 204 g/mol. The van der Waals surface area contributed by atoms with E-state index in [0.717, 1.165) is 0 Å². The first-order chi connectivity index (χ1) is 6.43. The lowest BCUT2D eigenvalue weighted by Crippen LogP contribution is -2.17. The molecule has 0 aromatic heterocycles. The van der Waals surface area contributed by atoms with E-state index in [2.05, 4.69) is 4.89 Å². The summed E-state index contributed by atoms with van der Waals surface area (Å²) >= 11 is 0. The van der Waals surface area contributed by atoms with Crippen LogP contribution >= 0.6 is 0 Å². The summed E-state index contributed by atoms with van der Waals surface area (Å²) in [5.74, 6) is -0.369. The summed E-state index contributed by atoms with van der Waals surface area (Å²) in [7, 11) is 0. The lowest BCUT2D eigenvalue weighted by molar-refractivity contribution is -0.280. The maximum absolute atomic E-state index is 10.9. The second-order valence-electron chi connectivity index (χ2n) is 4.03. The molecule has 14 heavy (non-hydrogen) atoms. The summed E-state index contributed by atoms with van der Waals surface area (Å²) < 4.78 is 0. The van der Waals surface area contributed by atoms with E-state index in [0.29, 0.717) is 13.0 Å². The molecular weight excluding hydrogens is 184 g/mol. The molecule has 0 aromatic carbocycles. The second kappa shape index (κ2) is 6.79. The minimum Gasteiger partial charge on any atom is -0.393 e. The second-order valence-corrected chi connectivity index (χ2v) is 4.03. The van der Waals surface area contributed by atoms with E-state index in [9.17, 15) is 4.79 Å². The molecule has 0 amide bonds. The van der Waals surface area contributed by atoms with E-state index in [1.807, 2.05) is 6.92 Å². The Morgan fingerprint density at radius 1 is 1.29 bits per heavy atom. The van der Waals surface area contributed by atoms with Crippen LogP contribution in [-0.4, -0.2) is 23.8 Å². The molecule has 0 fully saturated rings. The number of hydrogen-bond acceptors (Lipinski definition) is 4. The zero-order valence-corrected chi connectivity index (χ0v) is 9.32. The molecule has 1 N–H and O–H groups in total. The fourth-order valence-corrected chi connectivity index (χ4v) is 0.955. The highest BCUT2D eigenvalue weighted by molar-refractivity contribution is 5.70. The highest BCUT2D eigenvalue weighted by atomic mass is 17.2. The van der Waals surface area contributed by atoms with Crippen molar-refractivity contribution in [2.75, 3.05) is 6.61 Å². The fourth-order valence-electron chi connectivity index (χ4n) is 0.955. The van der Waals surface area contributed by atoms with Crippen molar-refractivity contribution >= 4 is 5.97 Å². The first kappa shape index (κ1) is 13.4. The van der Waals surface area contributed by atoms with Crippen LogP contribution in [0.3, 0.4) is 0 Å². The van der Waals surface area contributed by atoms with Crippen molar-refractivity contribution in [2.45, 2.75) is 40.2 Å². The molecular formula is C10H20O4. The molecule has 4 nitrogen and oxygen atoms in total. The first-order valence-electron chi connectivity index (χ1n) is 4.94. The van der Waals surface area contributed by atoms with Crippen molar-refractivity contribution in [2.24, 2.45) is 11.8 Å². The van der Waals surface area contributed by atoms with Gasteiger partial charge in [0.25, 0.3) is 0 Å². The van der Waals surface area contributed by atoms with E-state index in [1.165, 1.54) is 0 Å². The van der Waals surface area contributed by atoms with Crippen molar-refractivity contribution in [3.8, 4) is 0 Å². The van der Waals surface area contributed by atoms with E-state index in [1.54, 1.807) is 20.8 Å². The van der Waals surface area contributed by atoms with Crippen LogP contribution in [0.1, 0.15) is 34.1 Å². The standard InChI is InChI=1S/C10H20O4/c1-7(2)10(12)14-13-6-8(3)5-9(4)11/h7-9,11H,5-6H2,1-4H3. The van der Waals surface area contributed by atoms with Gasteiger partial charge in [-0.25, -0.2) is 4.79 Å². The van der Waals surface area contributed by atoms with Crippen LogP contribution in [0.5, 0.6) is 0 Å². The smallest absolute Gasteiger partial charge is 0.344 e. The molecule has 0 saturated heterocycles. The Balaban J connectivity index is 3.49. The first-order valence-corrected chi connectivity index (χ1v) is 4.94. The van der Waals surface area contributed by atoms with Crippen LogP contribution in [0.25, 0.3) is 0 Å². The molecule has 84 valence electrons. The normalized spacial score (nSPS) is 15.3. The van der Waals surface area contributed by atoms with Crippen LogP contribution in [0.2, 0.25) is 0 Å². The van der Waals surface area contributed by atoms with Crippen LogP contribution in [0.15, 0.2) is 0 Å². The van der Waals surface area contributed by atoms with Gasteiger partial charge in [0.1, 0.15) is 0 Å². The zero-order chi connectivity index (χ0) is 11.1. The third kappa shape index (κ3) is 6.86. The maximum Gasteiger partial charge on any atom is 0.344 e. The molecule has 0 radical (unpaired) electrons. The molecule has 0 aromatic rings. The molecule has 0 spiro atoms. The van der Waals surface area contributed by atoms with E-state index < -0.39 is 0 Å². The minimum atomic E-state index is -0.366. The number of carbonyl (C=O) groups is 1. The van der Waals surface area contributed by atoms with E-state index in [4.69, 9.17) is 9.99 Å². The van der Waals surface area contributed by atoms with Gasteiger partial charge >= 0.3 is 5.97 Å². The van der Waals surface area contributed by atoms with Gasteiger partial charge in [-0.05, 0) is 19.3 Å². The summed E-state index contributed by atoms with van der Waals surface area (Å²) in [6.07, 6.45) is 0.286. The Morgan fingerprint density at radius 3 is 2.29 bits per heavy atom. The summed E-state index contributed by atoms with van der Waals surface area (Å²) in [6.45, 7) is 7.45.